The molecule has 1 aliphatic rings. The van der Waals surface area contributed by atoms with Crippen molar-refractivity contribution in [1.82, 2.24) is 9.88 Å². The van der Waals surface area contributed by atoms with Crippen LogP contribution in [0.5, 0.6) is 0 Å². The minimum absolute atomic E-state index is 0.0241. The number of nitrogens with one attached hydrogen (secondary N) is 2. The number of carbonyl (C=O) groups is 3. The minimum Gasteiger partial charge on any atom is -0.333 e. The van der Waals surface area contributed by atoms with E-state index in [0.717, 1.165) is 36.9 Å². The first-order valence-corrected chi connectivity index (χ1v) is 12.6. The number of aryl methyl sites for hydroxylation is 1. The number of hydrogen-bond acceptors (Lipinski definition) is 5. The number of benzene rings is 1. The van der Waals surface area contributed by atoms with Crippen molar-refractivity contribution in [3.63, 3.8) is 0 Å². The van der Waals surface area contributed by atoms with Crippen LogP contribution in [0.3, 0.4) is 0 Å². The van der Waals surface area contributed by atoms with Crippen LogP contribution in [0.15, 0.2) is 29.6 Å². The summed E-state index contributed by atoms with van der Waals surface area (Å²) in [6.45, 7) is 6.67. The van der Waals surface area contributed by atoms with Crippen LogP contribution in [0.1, 0.15) is 57.2 Å². The molecule has 3 amide bonds. The molecule has 0 saturated heterocycles. The van der Waals surface area contributed by atoms with E-state index in [1.54, 1.807) is 10.3 Å². The van der Waals surface area contributed by atoms with Crippen molar-refractivity contribution in [1.29, 1.82) is 0 Å². The predicted molar refractivity (Wildman–Crippen MR) is 132 cm³/mol. The summed E-state index contributed by atoms with van der Waals surface area (Å²) in [4.78, 5) is 44.0. The molecule has 8 heteroatoms. The van der Waals surface area contributed by atoms with Crippen molar-refractivity contribution in [2.24, 2.45) is 11.8 Å². The Balaban J connectivity index is 1.52. The Labute approximate surface area is 200 Å². The maximum Gasteiger partial charge on any atom is 0.245 e. The average molecular weight is 471 g/mol. The van der Waals surface area contributed by atoms with E-state index in [-0.39, 0.29) is 42.5 Å². The van der Waals surface area contributed by atoms with Gasteiger partial charge in [0.25, 0.3) is 0 Å². The molecule has 3 rings (SSSR count). The fourth-order valence-corrected chi connectivity index (χ4v) is 4.79. The minimum atomic E-state index is -0.259. The van der Waals surface area contributed by atoms with Gasteiger partial charge in [-0.1, -0.05) is 50.8 Å². The summed E-state index contributed by atoms with van der Waals surface area (Å²) < 4.78 is 0. The van der Waals surface area contributed by atoms with Gasteiger partial charge in [0.05, 0.1) is 18.7 Å². The first-order chi connectivity index (χ1) is 15.8. The van der Waals surface area contributed by atoms with Crippen LogP contribution in [0, 0.1) is 18.8 Å². The third-order valence-electron chi connectivity index (χ3n) is 5.66. The zero-order chi connectivity index (χ0) is 23.8. The lowest BCUT2D eigenvalue weighted by molar-refractivity contribution is -0.139. The van der Waals surface area contributed by atoms with Gasteiger partial charge in [0.15, 0.2) is 5.13 Å². The number of carbonyl (C=O) groups excluding carboxylic acids is 3. The monoisotopic (exact) mass is 470 g/mol. The SMILES string of the molecule is Cc1ccc(NC(=O)Cc2csc(NC(=O)CN(CC(C)C)C(=O)C3CCCCC3)n2)cc1. The fourth-order valence-electron chi connectivity index (χ4n) is 4.07. The van der Waals surface area contributed by atoms with Gasteiger partial charge in [0.1, 0.15) is 0 Å². The van der Waals surface area contributed by atoms with E-state index in [9.17, 15) is 14.4 Å². The van der Waals surface area contributed by atoms with Crippen LogP contribution in [0.25, 0.3) is 0 Å². The highest BCUT2D eigenvalue weighted by molar-refractivity contribution is 7.13. The molecule has 0 spiro atoms. The zero-order valence-corrected chi connectivity index (χ0v) is 20.5. The predicted octanol–water partition coefficient (Wildman–Crippen LogP) is 4.64. The summed E-state index contributed by atoms with van der Waals surface area (Å²) in [5, 5.41) is 7.85. The second-order valence-electron chi connectivity index (χ2n) is 9.23. The smallest absolute Gasteiger partial charge is 0.245 e. The standard InChI is InChI=1S/C25H34N4O3S/c1-17(2)14-29(24(32)19-7-5-4-6-8-19)15-23(31)28-25-27-21(16-33-25)13-22(30)26-20-11-9-18(3)10-12-20/h9-12,16-17,19H,4-8,13-15H2,1-3H3,(H,26,30)(H,27,28,31). The second-order valence-corrected chi connectivity index (χ2v) is 10.1. The first-order valence-electron chi connectivity index (χ1n) is 11.7. The molecular formula is C25H34N4O3S. The number of thiazole rings is 1. The summed E-state index contributed by atoms with van der Waals surface area (Å²) in [7, 11) is 0. The summed E-state index contributed by atoms with van der Waals surface area (Å²) in [5.41, 5.74) is 2.46. The molecule has 0 unspecified atom stereocenters. The van der Waals surface area contributed by atoms with Gasteiger partial charge < -0.3 is 15.5 Å². The van der Waals surface area contributed by atoms with Gasteiger partial charge in [0.2, 0.25) is 17.7 Å². The quantitative estimate of drug-likeness (QED) is 0.559. The molecule has 1 fully saturated rings. The van der Waals surface area contributed by atoms with Crippen molar-refractivity contribution in [3.05, 3.63) is 40.9 Å². The maximum atomic E-state index is 13.0. The van der Waals surface area contributed by atoms with Gasteiger partial charge in [0, 0.05) is 23.5 Å². The van der Waals surface area contributed by atoms with E-state index >= 15 is 0 Å². The molecule has 1 aromatic carbocycles. The molecule has 2 aromatic rings. The molecule has 33 heavy (non-hydrogen) atoms. The van der Waals surface area contributed by atoms with E-state index in [1.165, 1.54) is 17.8 Å². The molecule has 178 valence electrons. The number of aromatic nitrogens is 1. The van der Waals surface area contributed by atoms with E-state index in [0.29, 0.717) is 17.4 Å². The molecule has 1 aliphatic carbocycles. The highest BCUT2D eigenvalue weighted by atomic mass is 32.1. The Bertz CT molecular complexity index is 949. The Morgan fingerprint density at radius 2 is 1.76 bits per heavy atom. The van der Waals surface area contributed by atoms with Crippen molar-refractivity contribution < 1.29 is 14.4 Å². The average Bonchev–Trinajstić information content (AvgIpc) is 3.21. The van der Waals surface area contributed by atoms with Crippen molar-refractivity contribution in [3.8, 4) is 0 Å². The Kier molecular flexibility index (Phi) is 9.00. The van der Waals surface area contributed by atoms with Crippen LogP contribution in [0.4, 0.5) is 10.8 Å². The van der Waals surface area contributed by atoms with Crippen LogP contribution in [-0.4, -0.2) is 40.7 Å². The van der Waals surface area contributed by atoms with Crippen molar-refractivity contribution in [2.45, 2.75) is 59.3 Å². The normalized spacial score (nSPS) is 14.2. The Hall–Kier alpha value is -2.74. The van der Waals surface area contributed by atoms with Crippen molar-refractivity contribution in [2.75, 3.05) is 23.7 Å². The first kappa shape index (κ1) is 24.9. The lowest BCUT2D eigenvalue weighted by Gasteiger charge is -2.30. The molecule has 7 nitrogen and oxygen atoms in total. The Morgan fingerprint density at radius 1 is 1.06 bits per heavy atom. The van der Waals surface area contributed by atoms with Crippen LogP contribution >= 0.6 is 11.3 Å². The zero-order valence-electron chi connectivity index (χ0n) is 19.7. The van der Waals surface area contributed by atoms with E-state index in [4.69, 9.17) is 0 Å². The van der Waals surface area contributed by atoms with Gasteiger partial charge in [-0.2, -0.15) is 0 Å². The van der Waals surface area contributed by atoms with E-state index < -0.39 is 0 Å². The maximum absolute atomic E-state index is 13.0. The molecule has 1 aromatic heterocycles. The second kappa shape index (κ2) is 11.9. The summed E-state index contributed by atoms with van der Waals surface area (Å²) >= 11 is 1.28. The number of hydrogen-bond donors (Lipinski definition) is 2. The number of nitrogens with zero attached hydrogens (tertiary/aromatic N) is 2. The third-order valence-corrected chi connectivity index (χ3v) is 6.47. The van der Waals surface area contributed by atoms with Gasteiger partial charge >= 0.3 is 0 Å². The highest BCUT2D eigenvalue weighted by Gasteiger charge is 2.27. The number of anilines is 2. The summed E-state index contributed by atoms with van der Waals surface area (Å²) in [6.07, 6.45) is 5.30. The number of rotatable bonds is 9. The van der Waals surface area contributed by atoms with Crippen LogP contribution < -0.4 is 10.6 Å². The molecular weight excluding hydrogens is 436 g/mol. The van der Waals surface area contributed by atoms with Crippen LogP contribution in [-0.2, 0) is 20.8 Å². The topological polar surface area (TPSA) is 91.4 Å². The summed E-state index contributed by atoms with van der Waals surface area (Å²) in [5.74, 6) is -0.0214. The Morgan fingerprint density at radius 3 is 2.42 bits per heavy atom. The van der Waals surface area contributed by atoms with Gasteiger partial charge in [-0.3, -0.25) is 14.4 Å². The van der Waals surface area contributed by atoms with E-state index in [1.807, 2.05) is 45.0 Å². The van der Waals surface area contributed by atoms with Crippen LogP contribution in [0.2, 0.25) is 0 Å². The summed E-state index contributed by atoms with van der Waals surface area (Å²) in [6, 6.07) is 7.59. The molecule has 0 atom stereocenters. The molecule has 1 saturated carbocycles. The lowest BCUT2D eigenvalue weighted by atomic mass is 9.88. The lowest BCUT2D eigenvalue weighted by Crippen LogP contribution is -2.43. The van der Waals surface area contributed by atoms with Gasteiger partial charge in [-0.15, -0.1) is 11.3 Å². The van der Waals surface area contributed by atoms with Gasteiger partial charge in [-0.05, 0) is 37.8 Å². The largest absolute Gasteiger partial charge is 0.333 e. The number of amides is 3. The molecule has 0 bridgehead atoms. The fraction of sp³-hybridized carbons (Fsp3) is 0.520. The highest BCUT2D eigenvalue weighted by Crippen LogP contribution is 2.26. The third kappa shape index (κ3) is 7.96. The molecule has 0 aliphatic heterocycles. The van der Waals surface area contributed by atoms with Crippen molar-refractivity contribution >= 4 is 39.9 Å². The van der Waals surface area contributed by atoms with Gasteiger partial charge in [-0.25, -0.2) is 4.98 Å². The molecule has 2 N–H and O–H groups in total. The van der Waals surface area contributed by atoms with E-state index in [2.05, 4.69) is 15.6 Å². The molecule has 1 heterocycles. The molecule has 0 radical (unpaired) electrons.